The van der Waals surface area contributed by atoms with E-state index in [9.17, 15) is 9.59 Å². The van der Waals surface area contributed by atoms with Crippen molar-refractivity contribution in [2.24, 2.45) is 5.92 Å². The molecule has 0 saturated carbocycles. The minimum absolute atomic E-state index is 0.0909. The van der Waals surface area contributed by atoms with Crippen molar-refractivity contribution in [1.29, 1.82) is 0 Å². The van der Waals surface area contributed by atoms with E-state index in [1.165, 1.54) is 16.7 Å². The van der Waals surface area contributed by atoms with Crippen LogP contribution in [-0.4, -0.2) is 23.5 Å². The highest BCUT2D eigenvalue weighted by atomic mass is 16.4. The van der Waals surface area contributed by atoms with E-state index in [4.69, 9.17) is 5.11 Å². The second-order valence-corrected chi connectivity index (χ2v) is 7.61. The van der Waals surface area contributed by atoms with Gasteiger partial charge in [0.15, 0.2) is 0 Å². The van der Waals surface area contributed by atoms with Crippen molar-refractivity contribution >= 4 is 23.1 Å². The first-order valence-electron chi connectivity index (χ1n) is 9.56. The van der Waals surface area contributed by atoms with Gasteiger partial charge in [0, 0.05) is 12.2 Å². The smallest absolute Gasteiger partial charge is 0.310 e. The topological polar surface area (TPSA) is 57.6 Å². The van der Waals surface area contributed by atoms with E-state index in [1.807, 2.05) is 12.1 Å². The van der Waals surface area contributed by atoms with Crippen molar-refractivity contribution in [3.63, 3.8) is 0 Å². The molecule has 2 unspecified atom stereocenters. The van der Waals surface area contributed by atoms with Gasteiger partial charge in [-0.15, -0.1) is 0 Å². The number of allylic oxidation sites excluding steroid dienone is 3. The van der Waals surface area contributed by atoms with E-state index in [1.54, 1.807) is 24.0 Å². The zero-order valence-corrected chi connectivity index (χ0v) is 16.1. The Hall–Kier alpha value is -3.14. The van der Waals surface area contributed by atoms with Gasteiger partial charge in [0.05, 0.1) is 11.8 Å². The lowest BCUT2D eigenvalue weighted by atomic mass is 9.88. The first-order chi connectivity index (χ1) is 13.4. The molecule has 2 atom stereocenters. The minimum atomic E-state index is -0.851. The fourth-order valence-corrected chi connectivity index (χ4v) is 3.87. The molecule has 0 aromatic heterocycles. The molecule has 142 valence electrons. The Labute approximate surface area is 164 Å². The van der Waals surface area contributed by atoms with E-state index in [2.05, 4.69) is 43.3 Å². The maximum absolute atomic E-state index is 12.9. The number of fused-ring (bicyclic) bond motifs is 1. The molecule has 0 spiro atoms. The van der Waals surface area contributed by atoms with Crippen molar-refractivity contribution in [2.45, 2.75) is 26.2 Å². The molecule has 0 bridgehead atoms. The molecular weight excluding hydrogens is 350 g/mol. The van der Waals surface area contributed by atoms with Gasteiger partial charge < -0.3 is 10.0 Å². The van der Waals surface area contributed by atoms with Crippen LogP contribution in [0.15, 0.2) is 66.3 Å². The third-order valence-electron chi connectivity index (χ3n) is 5.73. The van der Waals surface area contributed by atoms with Crippen molar-refractivity contribution in [3.05, 3.63) is 82.9 Å². The van der Waals surface area contributed by atoms with Crippen molar-refractivity contribution in [2.75, 3.05) is 11.4 Å². The zero-order valence-electron chi connectivity index (χ0n) is 16.1. The summed E-state index contributed by atoms with van der Waals surface area (Å²) in [5.74, 6) is -1.39. The van der Waals surface area contributed by atoms with Crippen LogP contribution in [0, 0.1) is 12.8 Å². The zero-order chi connectivity index (χ0) is 19.8. The summed E-state index contributed by atoms with van der Waals surface area (Å²) in [6, 6.07) is 15.7. The van der Waals surface area contributed by atoms with Gasteiger partial charge >= 0.3 is 5.97 Å². The van der Waals surface area contributed by atoms with Crippen LogP contribution in [0.25, 0.3) is 5.57 Å². The van der Waals surface area contributed by atoms with Crippen LogP contribution in [-0.2, 0) is 9.59 Å². The summed E-state index contributed by atoms with van der Waals surface area (Å²) >= 11 is 0. The molecule has 1 heterocycles. The van der Waals surface area contributed by atoms with Gasteiger partial charge in [-0.25, -0.2) is 0 Å². The molecular formula is C24H23NO3. The largest absolute Gasteiger partial charge is 0.481 e. The third-order valence-corrected chi connectivity index (χ3v) is 5.73. The molecule has 4 rings (SSSR count). The highest BCUT2D eigenvalue weighted by Crippen LogP contribution is 2.37. The fourth-order valence-electron chi connectivity index (χ4n) is 3.87. The van der Waals surface area contributed by atoms with Gasteiger partial charge in [0.25, 0.3) is 0 Å². The molecule has 2 aliphatic rings. The highest BCUT2D eigenvalue weighted by Gasteiger charge is 2.37. The normalized spacial score (nSPS) is 19.7. The number of aliphatic carboxylic acids is 1. The standard InChI is InChI=1S/C24H23NO3/c1-15-3-5-18(6-4-15)19-9-12-22-20(13-19)14-25(23(22)26)21-10-7-17(8-11-21)16(2)24(27)28/h3-11,13,16,22H,12,14H2,1-2H3,(H,27,28). The molecule has 4 heteroatoms. The number of benzene rings is 2. The van der Waals surface area contributed by atoms with E-state index in [-0.39, 0.29) is 11.8 Å². The predicted molar refractivity (Wildman–Crippen MR) is 110 cm³/mol. The molecule has 28 heavy (non-hydrogen) atoms. The lowest BCUT2D eigenvalue weighted by Crippen LogP contribution is -2.26. The Kier molecular flexibility index (Phi) is 4.63. The van der Waals surface area contributed by atoms with Gasteiger partial charge in [-0.05, 0) is 54.7 Å². The molecule has 1 aliphatic carbocycles. The number of carbonyl (C=O) groups excluding carboxylic acids is 1. The Morgan fingerprint density at radius 1 is 1.11 bits per heavy atom. The minimum Gasteiger partial charge on any atom is -0.481 e. The lowest BCUT2D eigenvalue weighted by Gasteiger charge is -2.17. The number of anilines is 1. The Morgan fingerprint density at radius 3 is 2.43 bits per heavy atom. The summed E-state index contributed by atoms with van der Waals surface area (Å²) < 4.78 is 0. The van der Waals surface area contributed by atoms with Crippen molar-refractivity contribution in [1.82, 2.24) is 0 Å². The molecule has 1 N–H and O–H groups in total. The highest BCUT2D eigenvalue weighted by molar-refractivity contribution is 6.02. The Bertz CT molecular complexity index is 984. The quantitative estimate of drug-likeness (QED) is 0.855. The van der Waals surface area contributed by atoms with E-state index in [0.717, 1.165) is 23.2 Å². The Morgan fingerprint density at radius 2 is 1.79 bits per heavy atom. The average Bonchev–Trinajstić information content (AvgIpc) is 3.04. The number of hydrogen-bond donors (Lipinski definition) is 1. The molecule has 2 aromatic carbocycles. The van der Waals surface area contributed by atoms with Crippen LogP contribution in [0.4, 0.5) is 5.69 Å². The molecule has 0 radical (unpaired) electrons. The molecule has 1 fully saturated rings. The van der Waals surface area contributed by atoms with E-state index >= 15 is 0 Å². The van der Waals surface area contributed by atoms with Crippen LogP contribution in [0.3, 0.4) is 0 Å². The van der Waals surface area contributed by atoms with Gasteiger partial charge in [-0.3, -0.25) is 9.59 Å². The first-order valence-corrected chi connectivity index (χ1v) is 9.56. The van der Waals surface area contributed by atoms with Crippen molar-refractivity contribution < 1.29 is 14.7 Å². The summed E-state index contributed by atoms with van der Waals surface area (Å²) in [6.45, 7) is 4.32. The molecule has 1 saturated heterocycles. The Balaban J connectivity index is 1.55. The summed E-state index contributed by atoms with van der Waals surface area (Å²) in [4.78, 5) is 25.9. The van der Waals surface area contributed by atoms with Crippen LogP contribution < -0.4 is 4.90 Å². The van der Waals surface area contributed by atoms with Gasteiger partial charge in [-0.1, -0.05) is 54.1 Å². The monoisotopic (exact) mass is 373 g/mol. The summed E-state index contributed by atoms with van der Waals surface area (Å²) in [7, 11) is 0. The molecule has 4 nitrogen and oxygen atoms in total. The average molecular weight is 373 g/mol. The SMILES string of the molecule is Cc1ccc(C2=CCC3C(=O)N(c4ccc(C(C)C(=O)O)cc4)CC3=C2)cc1. The number of hydrogen-bond acceptors (Lipinski definition) is 2. The number of carboxylic acids is 1. The number of amides is 1. The summed E-state index contributed by atoms with van der Waals surface area (Å²) in [6.07, 6.45) is 5.02. The molecule has 1 aliphatic heterocycles. The van der Waals surface area contributed by atoms with Crippen LogP contribution >= 0.6 is 0 Å². The maximum Gasteiger partial charge on any atom is 0.310 e. The lowest BCUT2D eigenvalue weighted by molar-refractivity contribution is -0.138. The van der Waals surface area contributed by atoms with E-state index < -0.39 is 11.9 Å². The molecule has 2 aromatic rings. The number of carbonyl (C=O) groups is 2. The van der Waals surface area contributed by atoms with Crippen LogP contribution in [0.2, 0.25) is 0 Å². The number of rotatable bonds is 4. The second kappa shape index (κ2) is 7.12. The number of aryl methyl sites for hydroxylation is 1. The maximum atomic E-state index is 12.9. The molecule has 1 amide bonds. The number of carboxylic acid groups (broad SMARTS) is 1. The van der Waals surface area contributed by atoms with Crippen LogP contribution in [0.5, 0.6) is 0 Å². The van der Waals surface area contributed by atoms with Crippen LogP contribution in [0.1, 0.15) is 36.0 Å². The third kappa shape index (κ3) is 3.26. The van der Waals surface area contributed by atoms with Crippen molar-refractivity contribution in [3.8, 4) is 0 Å². The van der Waals surface area contributed by atoms with Gasteiger partial charge in [0.2, 0.25) is 5.91 Å². The summed E-state index contributed by atoms with van der Waals surface area (Å²) in [5.41, 5.74) is 6.28. The predicted octanol–water partition coefficient (Wildman–Crippen LogP) is 4.56. The summed E-state index contributed by atoms with van der Waals surface area (Å²) in [5, 5.41) is 9.15. The van der Waals surface area contributed by atoms with Gasteiger partial charge in [-0.2, -0.15) is 0 Å². The second-order valence-electron chi connectivity index (χ2n) is 7.61. The number of nitrogens with zero attached hydrogens (tertiary/aromatic N) is 1. The first kappa shape index (κ1) is 18.2. The van der Waals surface area contributed by atoms with Gasteiger partial charge in [0.1, 0.15) is 0 Å². The fraction of sp³-hybridized carbons (Fsp3) is 0.250. The van der Waals surface area contributed by atoms with E-state index in [0.29, 0.717) is 6.54 Å².